The van der Waals surface area contributed by atoms with Gasteiger partial charge in [-0.1, -0.05) is 18.2 Å². The number of para-hydroxylation sites is 1. The van der Waals surface area contributed by atoms with E-state index in [1.54, 1.807) is 6.07 Å². The highest BCUT2D eigenvalue weighted by Crippen LogP contribution is 2.18. The first-order valence-electron chi connectivity index (χ1n) is 7.00. The van der Waals surface area contributed by atoms with Crippen LogP contribution < -0.4 is 5.32 Å². The number of methoxy groups -OCH3 is 2. The summed E-state index contributed by atoms with van der Waals surface area (Å²) in [4.78, 5) is 38.4. The van der Waals surface area contributed by atoms with Crippen LogP contribution in [-0.4, -0.2) is 43.1 Å². The summed E-state index contributed by atoms with van der Waals surface area (Å²) >= 11 is 0. The molecule has 0 unspecified atom stereocenters. The van der Waals surface area contributed by atoms with Crippen LogP contribution in [0.15, 0.2) is 24.3 Å². The van der Waals surface area contributed by atoms with E-state index in [-0.39, 0.29) is 6.42 Å². The molecule has 2 N–H and O–H groups in total. The molecule has 0 fully saturated rings. The summed E-state index contributed by atoms with van der Waals surface area (Å²) in [5.74, 6) is -1.83. The van der Waals surface area contributed by atoms with E-state index in [2.05, 4.69) is 19.8 Å². The van der Waals surface area contributed by atoms with Crippen molar-refractivity contribution in [3.8, 4) is 0 Å². The number of aromatic nitrogens is 1. The normalized spacial score (nSPS) is 11.8. The van der Waals surface area contributed by atoms with Gasteiger partial charge in [-0.25, -0.2) is 4.79 Å². The van der Waals surface area contributed by atoms with Crippen molar-refractivity contribution >= 4 is 28.7 Å². The SMILES string of the molecule is COC(=O)C[C@H](NC(=O)c1cc2cccc(C)c2[nH]1)C(=O)OC. The van der Waals surface area contributed by atoms with Gasteiger partial charge in [-0.15, -0.1) is 0 Å². The molecule has 0 aliphatic rings. The monoisotopic (exact) mass is 318 g/mol. The minimum Gasteiger partial charge on any atom is -0.469 e. The van der Waals surface area contributed by atoms with Crippen LogP contribution in [0.3, 0.4) is 0 Å². The molecule has 1 heterocycles. The van der Waals surface area contributed by atoms with Gasteiger partial charge in [0.2, 0.25) is 0 Å². The van der Waals surface area contributed by atoms with Gasteiger partial charge in [0.05, 0.1) is 20.6 Å². The van der Waals surface area contributed by atoms with E-state index in [0.29, 0.717) is 5.69 Å². The molecule has 1 aromatic heterocycles. The Hall–Kier alpha value is -2.83. The topological polar surface area (TPSA) is 97.5 Å². The highest BCUT2D eigenvalue weighted by Gasteiger charge is 2.26. The van der Waals surface area contributed by atoms with Crippen molar-refractivity contribution in [2.75, 3.05) is 14.2 Å². The molecule has 0 aliphatic carbocycles. The van der Waals surface area contributed by atoms with Crippen molar-refractivity contribution in [1.29, 1.82) is 0 Å². The first-order chi connectivity index (χ1) is 11.0. The lowest BCUT2D eigenvalue weighted by Crippen LogP contribution is -2.43. The number of aromatic amines is 1. The van der Waals surface area contributed by atoms with Crippen LogP contribution in [0, 0.1) is 6.92 Å². The summed E-state index contributed by atoms with van der Waals surface area (Å²) in [5, 5.41) is 3.37. The molecule has 7 heteroatoms. The molecule has 0 bridgehead atoms. The summed E-state index contributed by atoms with van der Waals surface area (Å²) in [7, 11) is 2.39. The van der Waals surface area contributed by atoms with Crippen molar-refractivity contribution in [3.63, 3.8) is 0 Å². The molecule has 0 spiro atoms. The van der Waals surface area contributed by atoms with Crippen molar-refractivity contribution in [2.45, 2.75) is 19.4 Å². The number of nitrogens with one attached hydrogen (secondary N) is 2. The fourth-order valence-corrected chi connectivity index (χ4v) is 2.25. The summed E-state index contributed by atoms with van der Waals surface area (Å²) in [6.07, 6.45) is -0.297. The number of hydrogen-bond donors (Lipinski definition) is 2. The molecule has 0 saturated heterocycles. The Morgan fingerprint density at radius 1 is 1.22 bits per heavy atom. The first kappa shape index (κ1) is 16.5. The van der Waals surface area contributed by atoms with E-state index in [9.17, 15) is 14.4 Å². The van der Waals surface area contributed by atoms with Gasteiger partial charge in [0.1, 0.15) is 11.7 Å². The van der Waals surface area contributed by atoms with Crippen molar-refractivity contribution < 1.29 is 23.9 Å². The quantitative estimate of drug-likeness (QED) is 0.810. The average Bonchev–Trinajstić information content (AvgIpc) is 2.99. The van der Waals surface area contributed by atoms with Crippen LogP contribution in [0.5, 0.6) is 0 Å². The van der Waals surface area contributed by atoms with E-state index >= 15 is 0 Å². The predicted octanol–water partition coefficient (Wildman–Crippen LogP) is 1.31. The van der Waals surface area contributed by atoms with Crippen molar-refractivity contribution in [3.05, 3.63) is 35.5 Å². The number of esters is 2. The Bertz CT molecular complexity index is 750. The zero-order valence-corrected chi connectivity index (χ0v) is 13.1. The van der Waals surface area contributed by atoms with Crippen LogP contribution >= 0.6 is 0 Å². The summed E-state index contributed by atoms with van der Waals surface area (Å²) in [6, 6.07) is 6.27. The minimum atomic E-state index is -1.10. The third-order valence-corrected chi connectivity index (χ3v) is 3.50. The first-order valence-corrected chi connectivity index (χ1v) is 7.00. The number of aryl methyl sites for hydroxylation is 1. The van der Waals surface area contributed by atoms with Gasteiger partial charge in [0.25, 0.3) is 5.91 Å². The maximum absolute atomic E-state index is 12.3. The maximum atomic E-state index is 12.3. The second-order valence-electron chi connectivity index (χ2n) is 5.05. The van der Waals surface area contributed by atoms with Crippen molar-refractivity contribution in [2.24, 2.45) is 0 Å². The number of carbonyl (C=O) groups excluding carboxylic acids is 3. The number of benzene rings is 1. The summed E-state index contributed by atoms with van der Waals surface area (Å²) in [6.45, 7) is 1.93. The lowest BCUT2D eigenvalue weighted by molar-refractivity contribution is -0.149. The van der Waals surface area contributed by atoms with Gasteiger partial charge in [0.15, 0.2) is 0 Å². The van der Waals surface area contributed by atoms with E-state index in [0.717, 1.165) is 16.5 Å². The largest absolute Gasteiger partial charge is 0.469 e. The van der Waals surface area contributed by atoms with E-state index in [4.69, 9.17) is 0 Å². The number of carbonyl (C=O) groups is 3. The van der Waals surface area contributed by atoms with Gasteiger partial charge in [-0.2, -0.15) is 0 Å². The fourth-order valence-electron chi connectivity index (χ4n) is 2.25. The third kappa shape index (κ3) is 3.68. The number of hydrogen-bond acceptors (Lipinski definition) is 5. The average molecular weight is 318 g/mol. The van der Waals surface area contributed by atoms with Gasteiger partial charge in [-0.3, -0.25) is 9.59 Å². The summed E-state index contributed by atoms with van der Waals surface area (Å²) < 4.78 is 9.12. The maximum Gasteiger partial charge on any atom is 0.328 e. The lowest BCUT2D eigenvalue weighted by atomic mass is 10.1. The third-order valence-electron chi connectivity index (χ3n) is 3.50. The number of rotatable bonds is 5. The second kappa shape index (κ2) is 6.95. The molecule has 0 saturated carbocycles. The standard InChI is InChI=1S/C16H18N2O5/c1-9-5-4-6-10-7-11(17-14(9)10)15(20)18-12(16(21)23-3)8-13(19)22-2/h4-7,12,17H,8H2,1-3H3,(H,18,20)/t12-/m0/s1. The van der Waals surface area contributed by atoms with Gasteiger partial charge in [-0.05, 0) is 18.6 Å². The van der Waals surface area contributed by atoms with Gasteiger partial charge in [0, 0.05) is 10.9 Å². The molecule has 7 nitrogen and oxygen atoms in total. The Balaban J connectivity index is 2.21. The predicted molar refractivity (Wildman–Crippen MR) is 82.9 cm³/mol. The molecule has 23 heavy (non-hydrogen) atoms. The lowest BCUT2D eigenvalue weighted by Gasteiger charge is -2.14. The molecule has 1 aromatic carbocycles. The molecule has 1 amide bonds. The van der Waals surface area contributed by atoms with E-state index in [1.807, 2.05) is 25.1 Å². The number of H-pyrrole nitrogens is 1. The van der Waals surface area contributed by atoms with Crippen LogP contribution in [0.2, 0.25) is 0 Å². The minimum absolute atomic E-state index is 0.297. The number of amides is 1. The number of ether oxygens (including phenoxy) is 2. The van der Waals surface area contributed by atoms with Crippen molar-refractivity contribution in [1.82, 2.24) is 10.3 Å². The van der Waals surface area contributed by atoms with Crippen LogP contribution in [0.4, 0.5) is 0 Å². The molecular weight excluding hydrogens is 300 g/mol. The molecule has 2 rings (SSSR count). The summed E-state index contributed by atoms with van der Waals surface area (Å²) in [5.41, 5.74) is 2.15. The van der Waals surface area contributed by atoms with Gasteiger partial charge < -0.3 is 19.8 Å². The molecule has 0 aliphatic heterocycles. The van der Waals surface area contributed by atoms with Gasteiger partial charge >= 0.3 is 11.9 Å². The molecule has 1 atom stereocenters. The zero-order valence-electron chi connectivity index (χ0n) is 13.1. The molecular formula is C16H18N2O5. The van der Waals surface area contributed by atoms with E-state index < -0.39 is 23.9 Å². The number of fused-ring (bicyclic) bond motifs is 1. The zero-order chi connectivity index (χ0) is 17.0. The van der Waals surface area contributed by atoms with Crippen LogP contribution in [-0.2, 0) is 19.1 Å². The smallest absolute Gasteiger partial charge is 0.328 e. The molecule has 2 aromatic rings. The highest BCUT2D eigenvalue weighted by atomic mass is 16.5. The Morgan fingerprint density at radius 3 is 2.57 bits per heavy atom. The molecule has 0 radical (unpaired) electrons. The fraction of sp³-hybridized carbons (Fsp3) is 0.312. The second-order valence-corrected chi connectivity index (χ2v) is 5.05. The van der Waals surface area contributed by atoms with E-state index in [1.165, 1.54) is 14.2 Å². The molecule has 122 valence electrons. The highest BCUT2D eigenvalue weighted by molar-refractivity contribution is 6.00. The Kier molecular flexibility index (Phi) is 5.00. The Morgan fingerprint density at radius 2 is 1.96 bits per heavy atom. The van der Waals surface area contributed by atoms with Crippen LogP contribution in [0.1, 0.15) is 22.5 Å². The Labute approximate surface area is 133 Å². The van der Waals surface area contributed by atoms with Crippen LogP contribution in [0.25, 0.3) is 10.9 Å².